The summed E-state index contributed by atoms with van der Waals surface area (Å²) < 4.78 is 2.00. The monoisotopic (exact) mass is 401 g/mol. The Morgan fingerprint density at radius 1 is 1.04 bits per heavy atom. The number of carbonyl (C=O) groups excluding carboxylic acids is 2. The van der Waals surface area contributed by atoms with Crippen LogP contribution in [-0.4, -0.2) is 82.1 Å². The van der Waals surface area contributed by atoms with E-state index >= 15 is 0 Å². The van der Waals surface area contributed by atoms with Gasteiger partial charge in [0.2, 0.25) is 5.91 Å². The van der Waals surface area contributed by atoms with Crippen molar-refractivity contribution in [2.45, 2.75) is 19.4 Å². The van der Waals surface area contributed by atoms with Crippen molar-refractivity contribution >= 4 is 23.2 Å². The van der Waals surface area contributed by atoms with Gasteiger partial charge in [0.25, 0.3) is 5.91 Å². The molecule has 2 fully saturated rings. The molecule has 0 aliphatic carbocycles. The predicted molar refractivity (Wildman–Crippen MR) is 108 cm³/mol. The molecule has 0 radical (unpaired) electrons. The van der Waals surface area contributed by atoms with Crippen molar-refractivity contribution in [2.24, 2.45) is 5.92 Å². The van der Waals surface area contributed by atoms with Crippen LogP contribution in [0, 0.1) is 5.92 Å². The maximum atomic E-state index is 12.7. The fourth-order valence-corrected chi connectivity index (χ4v) is 4.70. The molecule has 150 valence electrons. The molecule has 2 aliphatic rings. The number of piperidine rings is 1. The number of hydrogen-bond donors (Lipinski definition) is 0. The first-order valence-electron chi connectivity index (χ1n) is 9.99. The van der Waals surface area contributed by atoms with Crippen molar-refractivity contribution < 1.29 is 9.59 Å². The summed E-state index contributed by atoms with van der Waals surface area (Å²) in [6.07, 6.45) is 6.05. The van der Waals surface area contributed by atoms with E-state index in [0.717, 1.165) is 37.4 Å². The molecule has 7 nitrogen and oxygen atoms in total. The number of carbonyl (C=O) groups is 2. The third-order valence-corrected chi connectivity index (χ3v) is 6.58. The van der Waals surface area contributed by atoms with E-state index in [0.29, 0.717) is 38.6 Å². The zero-order valence-corrected chi connectivity index (χ0v) is 16.9. The average Bonchev–Trinajstić information content (AvgIpc) is 3.43. The fraction of sp³-hybridized carbons (Fsp3) is 0.550. The molecule has 2 aromatic heterocycles. The first-order valence-corrected chi connectivity index (χ1v) is 10.9. The van der Waals surface area contributed by atoms with Crippen LogP contribution >= 0.6 is 11.3 Å². The second-order valence-corrected chi connectivity index (χ2v) is 8.55. The molecule has 4 rings (SSSR count). The molecule has 0 atom stereocenters. The Labute approximate surface area is 169 Å². The topological polar surface area (TPSA) is 61.7 Å². The van der Waals surface area contributed by atoms with E-state index in [2.05, 4.69) is 10.00 Å². The highest BCUT2D eigenvalue weighted by molar-refractivity contribution is 7.12. The third-order valence-electron chi connectivity index (χ3n) is 5.72. The first kappa shape index (κ1) is 19.1. The summed E-state index contributed by atoms with van der Waals surface area (Å²) in [5, 5.41) is 6.21. The molecule has 0 aromatic carbocycles. The van der Waals surface area contributed by atoms with Gasteiger partial charge < -0.3 is 9.80 Å². The van der Waals surface area contributed by atoms with Crippen LogP contribution in [0.1, 0.15) is 22.5 Å². The second-order valence-electron chi connectivity index (χ2n) is 7.60. The van der Waals surface area contributed by atoms with E-state index in [1.807, 2.05) is 50.5 Å². The smallest absolute Gasteiger partial charge is 0.264 e. The zero-order chi connectivity index (χ0) is 19.3. The van der Waals surface area contributed by atoms with Gasteiger partial charge in [-0.15, -0.1) is 11.3 Å². The number of nitrogens with zero attached hydrogens (tertiary/aromatic N) is 5. The summed E-state index contributed by atoms with van der Waals surface area (Å²) in [6, 6.07) is 5.72. The van der Waals surface area contributed by atoms with Crippen molar-refractivity contribution in [1.82, 2.24) is 24.5 Å². The van der Waals surface area contributed by atoms with Gasteiger partial charge in [-0.2, -0.15) is 5.10 Å². The van der Waals surface area contributed by atoms with Gasteiger partial charge in [0.05, 0.1) is 11.4 Å². The zero-order valence-electron chi connectivity index (χ0n) is 16.1. The second kappa shape index (κ2) is 8.87. The van der Waals surface area contributed by atoms with Gasteiger partial charge >= 0.3 is 0 Å². The minimum atomic E-state index is 0.0846. The quantitative estimate of drug-likeness (QED) is 0.764. The van der Waals surface area contributed by atoms with Crippen molar-refractivity contribution in [3.63, 3.8) is 0 Å². The lowest BCUT2D eigenvalue weighted by Crippen LogP contribution is -2.53. The van der Waals surface area contributed by atoms with E-state index in [9.17, 15) is 9.59 Å². The van der Waals surface area contributed by atoms with Crippen molar-refractivity contribution in [2.75, 3.05) is 45.8 Å². The van der Waals surface area contributed by atoms with Gasteiger partial charge in [0, 0.05) is 45.1 Å². The van der Waals surface area contributed by atoms with E-state index < -0.39 is 0 Å². The van der Waals surface area contributed by atoms with Gasteiger partial charge in [-0.3, -0.25) is 19.2 Å². The molecule has 2 aromatic rings. The molecule has 2 saturated heterocycles. The Hall–Kier alpha value is -2.19. The number of rotatable bonds is 5. The molecule has 4 heterocycles. The van der Waals surface area contributed by atoms with E-state index in [-0.39, 0.29) is 11.8 Å². The lowest BCUT2D eigenvalue weighted by molar-refractivity contribution is -0.134. The minimum Gasteiger partial charge on any atom is -0.338 e. The normalized spacial score (nSPS) is 19.1. The maximum Gasteiger partial charge on any atom is 0.264 e. The molecule has 0 spiro atoms. The van der Waals surface area contributed by atoms with Crippen LogP contribution < -0.4 is 0 Å². The summed E-state index contributed by atoms with van der Waals surface area (Å²) in [5.41, 5.74) is 0. The Morgan fingerprint density at radius 2 is 1.79 bits per heavy atom. The number of amides is 2. The minimum absolute atomic E-state index is 0.0846. The number of hydrogen-bond acceptors (Lipinski definition) is 5. The first-order chi connectivity index (χ1) is 13.7. The lowest BCUT2D eigenvalue weighted by Gasteiger charge is -2.37. The Balaban J connectivity index is 1.18. The van der Waals surface area contributed by atoms with E-state index in [4.69, 9.17) is 0 Å². The molecule has 0 saturated carbocycles. The Kier molecular flexibility index (Phi) is 6.07. The van der Waals surface area contributed by atoms with Crippen molar-refractivity contribution in [1.29, 1.82) is 0 Å². The number of aromatic nitrogens is 2. The molecule has 2 aliphatic heterocycles. The van der Waals surface area contributed by atoms with Crippen LogP contribution in [0.5, 0.6) is 0 Å². The molecule has 28 heavy (non-hydrogen) atoms. The Morgan fingerprint density at radius 3 is 2.43 bits per heavy atom. The SMILES string of the molecule is O=C(CN1CCC(Cn2cccn2)CC1)N1CCN(C(=O)c2cccs2)CC1. The summed E-state index contributed by atoms with van der Waals surface area (Å²) >= 11 is 1.47. The van der Waals surface area contributed by atoms with Crippen LogP contribution in [-0.2, 0) is 11.3 Å². The molecule has 0 unspecified atom stereocenters. The Bertz CT molecular complexity index is 761. The third kappa shape index (κ3) is 4.62. The summed E-state index contributed by atoms with van der Waals surface area (Å²) in [4.78, 5) is 31.9. The van der Waals surface area contributed by atoms with Crippen molar-refractivity contribution in [3.05, 3.63) is 40.8 Å². The number of likely N-dealkylation sites (tertiary alicyclic amines) is 1. The van der Waals surface area contributed by atoms with Gasteiger partial charge in [-0.05, 0) is 49.4 Å². The van der Waals surface area contributed by atoms with E-state index in [1.165, 1.54) is 11.3 Å². The predicted octanol–water partition coefficient (Wildman–Crippen LogP) is 1.64. The lowest BCUT2D eigenvalue weighted by atomic mass is 9.97. The molecule has 0 bridgehead atoms. The van der Waals surface area contributed by atoms with Crippen molar-refractivity contribution in [3.8, 4) is 0 Å². The summed E-state index contributed by atoms with van der Waals surface area (Å²) in [6.45, 7) is 5.89. The average molecular weight is 402 g/mol. The van der Waals surface area contributed by atoms with E-state index in [1.54, 1.807) is 0 Å². The highest BCUT2D eigenvalue weighted by Gasteiger charge is 2.27. The molecular formula is C20H27N5O2S. The van der Waals surface area contributed by atoms with Crippen LogP contribution in [0.4, 0.5) is 0 Å². The standard InChI is InChI=1S/C20H27N5O2S/c26-19(16-22-8-4-17(5-9-22)15-25-7-2-6-21-25)23-10-12-24(13-11-23)20(27)18-3-1-14-28-18/h1-3,6-7,14,17H,4-5,8-13,15-16H2. The van der Waals surface area contributed by atoms with Gasteiger partial charge in [0.1, 0.15) is 0 Å². The van der Waals surface area contributed by atoms with Crippen LogP contribution in [0.15, 0.2) is 36.0 Å². The molecule has 2 amide bonds. The molecular weight excluding hydrogens is 374 g/mol. The van der Waals surface area contributed by atoms with Gasteiger partial charge in [-0.25, -0.2) is 0 Å². The highest BCUT2D eigenvalue weighted by Crippen LogP contribution is 2.19. The van der Waals surface area contributed by atoms with Gasteiger partial charge in [0.15, 0.2) is 0 Å². The van der Waals surface area contributed by atoms with Crippen LogP contribution in [0.25, 0.3) is 0 Å². The number of thiophene rings is 1. The van der Waals surface area contributed by atoms with Gasteiger partial charge in [-0.1, -0.05) is 6.07 Å². The summed E-state index contributed by atoms with van der Waals surface area (Å²) in [7, 11) is 0. The van der Waals surface area contributed by atoms with Crippen LogP contribution in [0.2, 0.25) is 0 Å². The summed E-state index contributed by atoms with van der Waals surface area (Å²) in [5.74, 6) is 0.910. The van der Waals surface area contributed by atoms with Crippen LogP contribution in [0.3, 0.4) is 0 Å². The highest BCUT2D eigenvalue weighted by atomic mass is 32.1. The maximum absolute atomic E-state index is 12.7. The number of piperazine rings is 1. The fourth-order valence-electron chi connectivity index (χ4n) is 4.01. The molecule has 8 heteroatoms. The molecule has 0 N–H and O–H groups in total. The largest absolute Gasteiger partial charge is 0.338 e.